The molecule has 0 amide bonds. The molecule has 1 aromatic carbocycles. The van der Waals surface area contributed by atoms with Crippen molar-refractivity contribution in [1.82, 2.24) is 9.36 Å². The molecule has 0 N–H and O–H groups in total. The van der Waals surface area contributed by atoms with Crippen LogP contribution in [0.25, 0.3) is 11.4 Å². The van der Waals surface area contributed by atoms with Gasteiger partial charge in [-0.15, -0.1) is 0 Å². The number of nitrogens with zero attached hydrogens (tertiary/aromatic N) is 3. The second kappa shape index (κ2) is 5.58. The van der Waals surface area contributed by atoms with Crippen molar-refractivity contribution in [3.05, 3.63) is 34.5 Å². The number of ether oxygens (including phenoxy) is 1. The van der Waals surface area contributed by atoms with Crippen LogP contribution in [0.2, 0.25) is 0 Å². The zero-order valence-corrected chi connectivity index (χ0v) is 12.8. The van der Waals surface area contributed by atoms with Crippen molar-refractivity contribution < 1.29 is 9.48 Å². The minimum absolute atomic E-state index is 0.480. The van der Waals surface area contributed by atoms with Gasteiger partial charge in [-0.1, -0.05) is 0 Å². The lowest BCUT2D eigenvalue weighted by Gasteiger charge is -2.17. The summed E-state index contributed by atoms with van der Waals surface area (Å²) in [5, 5.41) is 12.4. The Morgan fingerprint density at radius 2 is 1.90 bits per heavy atom. The van der Waals surface area contributed by atoms with Crippen LogP contribution < -0.4 is 4.74 Å². The zero-order chi connectivity index (χ0) is 14.8. The monoisotopic (exact) mass is 291 g/mol. The number of hydrogen-bond acceptors (Lipinski definition) is 5. The second-order valence-corrected chi connectivity index (χ2v) is 6.09. The highest BCUT2D eigenvalue weighted by atomic mass is 32.1. The SMILES string of the molecule is COc1ccc(-c2nsc(/C=[N+](\[O-])C(C)(C)C)n2)cc1. The molecule has 0 spiro atoms. The fourth-order valence-electron chi connectivity index (χ4n) is 1.44. The summed E-state index contributed by atoms with van der Waals surface area (Å²) in [5.41, 5.74) is 0.418. The maximum Gasteiger partial charge on any atom is 0.212 e. The van der Waals surface area contributed by atoms with E-state index >= 15 is 0 Å². The first-order chi connectivity index (χ1) is 9.40. The minimum Gasteiger partial charge on any atom is -0.623 e. The van der Waals surface area contributed by atoms with Crippen LogP contribution in [0.15, 0.2) is 24.3 Å². The van der Waals surface area contributed by atoms with Crippen LogP contribution in [-0.2, 0) is 0 Å². The molecular formula is C14H17N3O2S. The van der Waals surface area contributed by atoms with E-state index in [9.17, 15) is 5.21 Å². The van der Waals surface area contributed by atoms with E-state index < -0.39 is 5.54 Å². The van der Waals surface area contributed by atoms with E-state index in [2.05, 4.69) is 9.36 Å². The van der Waals surface area contributed by atoms with Crippen LogP contribution in [0.4, 0.5) is 0 Å². The molecule has 20 heavy (non-hydrogen) atoms. The number of aromatic nitrogens is 2. The van der Waals surface area contributed by atoms with Crippen LogP contribution in [0, 0.1) is 5.21 Å². The van der Waals surface area contributed by atoms with E-state index in [1.807, 2.05) is 45.0 Å². The summed E-state index contributed by atoms with van der Waals surface area (Å²) in [5.74, 6) is 1.40. The summed E-state index contributed by atoms with van der Waals surface area (Å²) in [4.78, 5) is 4.36. The van der Waals surface area contributed by atoms with Gasteiger partial charge in [0.15, 0.2) is 11.4 Å². The molecule has 0 aliphatic rings. The summed E-state index contributed by atoms with van der Waals surface area (Å²) in [6, 6.07) is 7.50. The first-order valence-electron chi connectivity index (χ1n) is 6.19. The van der Waals surface area contributed by atoms with Crippen molar-refractivity contribution in [2.24, 2.45) is 0 Å². The number of benzene rings is 1. The Labute approximate surface area is 122 Å². The van der Waals surface area contributed by atoms with Crippen molar-refractivity contribution in [3.63, 3.8) is 0 Å². The van der Waals surface area contributed by atoms with Crippen LogP contribution in [0.1, 0.15) is 25.8 Å². The highest BCUT2D eigenvalue weighted by molar-refractivity contribution is 7.07. The first kappa shape index (κ1) is 14.5. The third-order valence-corrected chi connectivity index (χ3v) is 3.33. The van der Waals surface area contributed by atoms with Crippen molar-refractivity contribution in [2.45, 2.75) is 26.3 Å². The van der Waals surface area contributed by atoms with Crippen molar-refractivity contribution in [1.29, 1.82) is 0 Å². The van der Waals surface area contributed by atoms with E-state index in [0.717, 1.165) is 16.1 Å². The molecule has 0 aliphatic carbocycles. The van der Waals surface area contributed by atoms with Crippen LogP contribution in [0.3, 0.4) is 0 Å². The van der Waals surface area contributed by atoms with Crippen molar-refractivity contribution in [2.75, 3.05) is 7.11 Å². The number of hydrogen-bond donors (Lipinski definition) is 0. The Bertz CT molecular complexity index is 612. The molecule has 0 saturated carbocycles. The number of methoxy groups -OCH3 is 1. The predicted octanol–water partition coefficient (Wildman–Crippen LogP) is 2.94. The molecular weight excluding hydrogens is 274 g/mol. The summed E-state index contributed by atoms with van der Waals surface area (Å²) in [6.07, 6.45) is 1.48. The fourth-order valence-corrected chi connectivity index (χ4v) is 2.04. The van der Waals surface area contributed by atoms with Crippen LogP contribution in [-0.4, -0.2) is 33.0 Å². The molecule has 0 saturated heterocycles. The Morgan fingerprint density at radius 1 is 1.25 bits per heavy atom. The Morgan fingerprint density at radius 3 is 2.45 bits per heavy atom. The van der Waals surface area contributed by atoms with Crippen molar-refractivity contribution in [3.8, 4) is 17.1 Å². The lowest BCUT2D eigenvalue weighted by molar-refractivity contribution is -0.530. The molecule has 1 aromatic heterocycles. The third-order valence-electron chi connectivity index (χ3n) is 2.68. The number of hydroxylamine groups is 1. The van der Waals surface area contributed by atoms with Gasteiger partial charge in [0.05, 0.1) is 7.11 Å². The summed E-state index contributed by atoms with van der Waals surface area (Å²) in [6.45, 7) is 5.55. The largest absolute Gasteiger partial charge is 0.623 e. The molecule has 2 rings (SSSR count). The van der Waals surface area contributed by atoms with Crippen LogP contribution in [0.5, 0.6) is 5.75 Å². The lowest BCUT2D eigenvalue weighted by atomic mass is 10.1. The Balaban J connectivity index is 2.24. The number of rotatable bonds is 3. The molecule has 0 unspecified atom stereocenters. The minimum atomic E-state index is -0.480. The van der Waals surface area contributed by atoms with Gasteiger partial charge < -0.3 is 9.94 Å². The van der Waals surface area contributed by atoms with Gasteiger partial charge in [-0.3, -0.25) is 0 Å². The zero-order valence-electron chi connectivity index (χ0n) is 12.0. The summed E-state index contributed by atoms with van der Waals surface area (Å²) in [7, 11) is 1.62. The van der Waals surface area contributed by atoms with Gasteiger partial charge in [-0.25, -0.2) is 9.72 Å². The molecule has 6 heteroatoms. The Hall–Kier alpha value is -1.95. The molecule has 0 atom stereocenters. The molecule has 2 aromatic rings. The standard InChI is InChI=1S/C14H17N3O2S/c1-14(2,3)17(18)9-12-15-13(16-20-12)10-5-7-11(19-4)8-6-10/h5-9H,1-4H3/b17-9-. The van der Waals surface area contributed by atoms with E-state index in [1.165, 1.54) is 17.7 Å². The average Bonchev–Trinajstić information content (AvgIpc) is 2.86. The van der Waals surface area contributed by atoms with E-state index in [0.29, 0.717) is 10.8 Å². The highest BCUT2D eigenvalue weighted by Gasteiger charge is 2.19. The molecule has 0 bridgehead atoms. The van der Waals surface area contributed by atoms with Gasteiger partial charge in [0.2, 0.25) is 11.2 Å². The topological polar surface area (TPSA) is 61.1 Å². The highest BCUT2D eigenvalue weighted by Crippen LogP contribution is 2.21. The smallest absolute Gasteiger partial charge is 0.212 e. The maximum atomic E-state index is 11.8. The normalized spacial score (nSPS) is 12.5. The molecule has 1 heterocycles. The maximum absolute atomic E-state index is 11.8. The predicted molar refractivity (Wildman–Crippen MR) is 80.4 cm³/mol. The molecule has 0 radical (unpaired) electrons. The van der Waals surface area contributed by atoms with Crippen molar-refractivity contribution >= 4 is 17.7 Å². The van der Waals surface area contributed by atoms with Gasteiger partial charge in [0.1, 0.15) is 5.75 Å². The van der Waals surface area contributed by atoms with Gasteiger partial charge in [-0.05, 0) is 35.8 Å². The average molecular weight is 291 g/mol. The Kier molecular flexibility index (Phi) is 4.04. The quantitative estimate of drug-likeness (QED) is 0.377. The van der Waals surface area contributed by atoms with Gasteiger partial charge in [0.25, 0.3) is 0 Å². The fraction of sp³-hybridized carbons (Fsp3) is 0.357. The van der Waals surface area contributed by atoms with E-state index in [-0.39, 0.29) is 0 Å². The van der Waals surface area contributed by atoms with E-state index in [1.54, 1.807) is 7.11 Å². The molecule has 106 valence electrons. The second-order valence-electron chi connectivity index (χ2n) is 5.31. The molecule has 0 aliphatic heterocycles. The lowest BCUT2D eigenvalue weighted by Crippen LogP contribution is -2.29. The summed E-state index contributed by atoms with van der Waals surface area (Å²) < 4.78 is 10.3. The third kappa shape index (κ3) is 3.33. The molecule has 0 fully saturated rings. The van der Waals surface area contributed by atoms with Crippen LogP contribution >= 0.6 is 11.5 Å². The van der Waals surface area contributed by atoms with Gasteiger partial charge in [-0.2, -0.15) is 4.37 Å². The first-order valence-corrected chi connectivity index (χ1v) is 6.97. The van der Waals surface area contributed by atoms with E-state index in [4.69, 9.17) is 4.74 Å². The summed E-state index contributed by atoms with van der Waals surface area (Å²) >= 11 is 1.21. The van der Waals surface area contributed by atoms with Gasteiger partial charge >= 0.3 is 0 Å². The molecule has 5 nitrogen and oxygen atoms in total. The van der Waals surface area contributed by atoms with Gasteiger partial charge in [0, 0.05) is 26.3 Å².